The van der Waals surface area contributed by atoms with Crippen molar-refractivity contribution in [2.24, 2.45) is 5.92 Å². The number of benzene rings is 1. The molecule has 0 aliphatic heterocycles. The van der Waals surface area contributed by atoms with E-state index in [9.17, 15) is 8.78 Å². The van der Waals surface area contributed by atoms with E-state index in [-0.39, 0.29) is 17.5 Å². The van der Waals surface area contributed by atoms with Gasteiger partial charge in [0, 0.05) is 18.2 Å². The van der Waals surface area contributed by atoms with Crippen LogP contribution in [-0.4, -0.2) is 9.55 Å². The minimum atomic E-state index is -0.649. The Morgan fingerprint density at radius 2 is 2.11 bits per heavy atom. The van der Waals surface area contributed by atoms with Crippen molar-refractivity contribution in [3.63, 3.8) is 0 Å². The second-order valence-electron chi connectivity index (χ2n) is 5.52. The normalized spacial score (nSPS) is 23.9. The summed E-state index contributed by atoms with van der Waals surface area (Å²) < 4.78 is 28.9. The van der Waals surface area contributed by atoms with E-state index in [0.717, 1.165) is 25.3 Å². The quantitative estimate of drug-likeness (QED) is 0.855. The molecule has 0 saturated heterocycles. The van der Waals surface area contributed by atoms with Gasteiger partial charge in [-0.25, -0.2) is 13.8 Å². The molecule has 0 radical (unpaired) electrons. The number of nitrogens with zero attached hydrogens (tertiary/aromatic N) is 2. The number of anilines is 1. The third kappa shape index (κ3) is 2.07. The molecule has 2 aromatic rings. The average molecular weight is 265 g/mol. The Kier molecular flexibility index (Phi) is 2.92. The molecule has 1 aliphatic carbocycles. The molecule has 1 aliphatic rings. The lowest BCUT2D eigenvalue weighted by Gasteiger charge is -2.28. The fraction of sp³-hybridized carbons (Fsp3) is 0.500. The molecule has 3 nitrogen and oxygen atoms in total. The number of nitrogens with two attached hydrogens (primary N) is 1. The fourth-order valence-corrected chi connectivity index (χ4v) is 3.16. The first-order chi connectivity index (χ1) is 9.06. The Morgan fingerprint density at radius 3 is 2.84 bits per heavy atom. The number of rotatable bonds is 1. The zero-order valence-corrected chi connectivity index (χ0v) is 10.9. The molecule has 0 spiro atoms. The van der Waals surface area contributed by atoms with Gasteiger partial charge in [0.15, 0.2) is 5.82 Å². The van der Waals surface area contributed by atoms with Crippen LogP contribution in [0.3, 0.4) is 0 Å². The van der Waals surface area contributed by atoms with Crippen LogP contribution in [0.5, 0.6) is 0 Å². The minimum absolute atomic E-state index is 0.164. The largest absolute Gasteiger partial charge is 0.369 e. The van der Waals surface area contributed by atoms with Gasteiger partial charge in [0.25, 0.3) is 0 Å². The number of aromatic nitrogens is 2. The highest BCUT2D eigenvalue weighted by Crippen LogP contribution is 2.36. The van der Waals surface area contributed by atoms with E-state index < -0.39 is 11.6 Å². The van der Waals surface area contributed by atoms with Crippen molar-refractivity contribution in [3.8, 4) is 0 Å². The molecule has 1 heterocycles. The summed E-state index contributed by atoms with van der Waals surface area (Å²) in [6.45, 7) is 2.20. The molecule has 5 heteroatoms. The lowest BCUT2D eigenvalue weighted by atomic mass is 9.87. The van der Waals surface area contributed by atoms with Gasteiger partial charge in [0.1, 0.15) is 11.3 Å². The van der Waals surface area contributed by atoms with E-state index in [1.165, 1.54) is 12.5 Å². The Bertz CT molecular complexity index is 621. The number of hydrogen-bond acceptors (Lipinski definition) is 2. The van der Waals surface area contributed by atoms with Crippen molar-refractivity contribution in [2.75, 3.05) is 5.73 Å². The van der Waals surface area contributed by atoms with Crippen LogP contribution in [0, 0.1) is 17.6 Å². The number of halogens is 2. The summed E-state index contributed by atoms with van der Waals surface area (Å²) in [6, 6.07) is 2.36. The van der Waals surface area contributed by atoms with Crippen LogP contribution in [0.25, 0.3) is 11.0 Å². The van der Waals surface area contributed by atoms with Crippen molar-refractivity contribution >= 4 is 17.0 Å². The second kappa shape index (κ2) is 4.47. The Balaban J connectivity index is 2.14. The first-order valence-electron chi connectivity index (χ1n) is 6.68. The molecule has 1 aromatic heterocycles. The molecular formula is C14H17F2N3. The van der Waals surface area contributed by atoms with Crippen molar-refractivity contribution in [3.05, 3.63) is 23.8 Å². The maximum absolute atomic E-state index is 13.7. The van der Waals surface area contributed by atoms with Crippen molar-refractivity contribution in [1.82, 2.24) is 9.55 Å². The molecule has 2 N–H and O–H groups in total. The molecule has 3 rings (SSSR count). The first kappa shape index (κ1) is 12.4. The molecule has 0 amide bonds. The molecule has 0 bridgehead atoms. The van der Waals surface area contributed by atoms with Crippen LogP contribution in [-0.2, 0) is 0 Å². The monoisotopic (exact) mass is 265 g/mol. The minimum Gasteiger partial charge on any atom is -0.369 e. The Hall–Kier alpha value is -1.65. The molecule has 19 heavy (non-hydrogen) atoms. The topological polar surface area (TPSA) is 43.8 Å². The molecule has 1 aromatic carbocycles. The predicted octanol–water partition coefficient (Wildman–Crippen LogP) is 3.65. The molecule has 2 atom stereocenters. The van der Waals surface area contributed by atoms with Crippen molar-refractivity contribution < 1.29 is 8.78 Å². The number of imidazole rings is 1. The van der Waals surface area contributed by atoms with Gasteiger partial charge in [-0.15, -0.1) is 0 Å². The SMILES string of the molecule is CC1CCCC(n2c(N)nc3c(F)cc(F)cc32)C1. The van der Waals surface area contributed by atoms with Gasteiger partial charge < -0.3 is 10.3 Å². The van der Waals surface area contributed by atoms with Gasteiger partial charge in [-0.1, -0.05) is 19.8 Å². The lowest BCUT2D eigenvalue weighted by molar-refractivity contribution is 0.289. The van der Waals surface area contributed by atoms with Gasteiger partial charge >= 0.3 is 0 Å². The van der Waals surface area contributed by atoms with E-state index in [1.807, 2.05) is 0 Å². The van der Waals surface area contributed by atoms with Gasteiger partial charge in [0.2, 0.25) is 5.95 Å². The summed E-state index contributed by atoms with van der Waals surface area (Å²) in [5, 5.41) is 0. The van der Waals surface area contributed by atoms with E-state index in [4.69, 9.17) is 5.73 Å². The van der Waals surface area contributed by atoms with E-state index in [0.29, 0.717) is 11.4 Å². The maximum atomic E-state index is 13.7. The first-order valence-corrected chi connectivity index (χ1v) is 6.68. The van der Waals surface area contributed by atoms with Gasteiger partial charge in [-0.2, -0.15) is 0 Å². The Labute approximate surface area is 110 Å². The van der Waals surface area contributed by atoms with Crippen LogP contribution in [0.15, 0.2) is 12.1 Å². The van der Waals surface area contributed by atoms with Crippen molar-refractivity contribution in [2.45, 2.75) is 38.6 Å². The number of fused-ring (bicyclic) bond motifs is 1. The number of nitrogen functional groups attached to an aromatic ring is 1. The molecule has 2 unspecified atom stereocenters. The van der Waals surface area contributed by atoms with E-state index >= 15 is 0 Å². The summed E-state index contributed by atoms with van der Waals surface area (Å²) in [5.41, 5.74) is 6.54. The van der Waals surface area contributed by atoms with Crippen LogP contribution < -0.4 is 5.73 Å². The van der Waals surface area contributed by atoms with Gasteiger partial charge in [-0.05, 0) is 18.8 Å². The van der Waals surface area contributed by atoms with E-state index in [2.05, 4.69) is 11.9 Å². The van der Waals surface area contributed by atoms with Crippen LogP contribution in [0.1, 0.15) is 38.6 Å². The summed E-state index contributed by atoms with van der Waals surface area (Å²) >= 11 is 0. The van der Waals surface area contributed by atoms with Crippen LogP contribution in [0.4, 0.5) is 14.7 Å². The zero-order chi connectivity index (χ0) is 13.6. The second-order valence-corrected chi connectivity index (χ2v) is 5.52. The van der Waals surface area contributed by atoms with Crippen LogP contribution in [0.2, 0.25) is 0 Å². The van der Waals surface area contributed by atoms with E-state index in [1.54, 1.807) is 4.57 Å². The third-order valence-corrected chi connectivity index (χ3v) is 4.01. The summed E-state index contributed by atoms with van der Waals surface area (Å²) in [5.74, 6) is -0.355. The fourth-order valence-electron chi connectivity index (χ4n) is 3.16. The van der Waals surface area contributed by atoms with Gasteiger partial charge in [0.05, 0.1) is 5.52 Å². The summed E-state index contributed by atoms with van der Waals surface area (Å²) in [4.78, 5) is 4.05. The highest BCUT2D eigenvalue weighted by molar-refractivity contribution is 5.79. The van der Waals surface area contributed by atoms with Crippen LogP contribution >= 0.6 is 0 Å². The average Bonchev–Trinajstić information content (AvgIpc) is 2.66. The zero-order valence-electron chi connectivity index (χ0n) is 10.9. The third-order valence-electron chi connectivity index (χ3n) is 4.01. The number of hydrogen-bond donors (Lipinski definition) is 1. The van der Waals surface area contributed by atoms with Crippen molar-refractivity contribution in [1.29, 1.82) is 0 Å². The molecule has 1 saturated carbocycles. The smallest absolute Gasteiger partial charge is 0.201 e. The lowest BCUT2D eigenvalue weighted by Crippen LogP contribution is -2.19. The molecule has 102 valence electrons. The maximum Gasteiger partial charge on any atom is 0.201 e. The summed E-state index contributed by atoms with van der Waals surface area (Å²) in [6.07, 6.45) is 4.28. The Morgan fingerprint density at radius 1 is 1.32 bits per heavy atom. The molecule has 1 fully saturated rings. The molecular weight excluding hydrogens is 248 g/mol. The predicted molar refractivity (Wildman–Crippen MR) is 70.7 cm³/mol. The van der Waals surface area contributed by atoms with Gasteiger partial charge in [-0.3, -0.25) is 0 Å². The highest BCUT2D eigenvalue weighted by atomic mass is 19.1. The standard InChI is InChI=1S/C14H17F2N3/c1-8-3-2-4-10(5-8)19-12-7-9(15)6-11(16)13(12)18-14(19)17/h6-8,10H,2-5H2,1H3,(H2,17,18). The highest BCUT2D eigenvalue weighted by Gasteiger charge is 2.25. The summed E-state index contributed by atoms with van der Waals surface area (Å²) in [7, 11) is 0.